The summed E-state index contributed by atoms with van der Waals surface area (Å²) in [7, 11) is 0. The molecule has 0 saturated heterocycles. The lowest BCUT2D eigenvalue weighted by Gasteiger charge is -2.14. The van der Waals surface area contributed by atoms with Crippen LogP contribution in [-0.4, -0.2) is 41.6 Å². The molecule has 1 atom stereocenters. The van der Waals surface area contributed by atoms with E-state index in [-0.39, 0.29) is 24.7 Å². The third-order valence-corrected chi connectivity index (χ3v) is 4.50. The Morgan fingerprint density at radius 3 is 2.64 bits per heavy atom. The smallest absolute Gasteiger partial charge is 0.263 e. The van der Waals surface area contributed by atoms with Gasteiger partial charge in [-0.25, -0.2) is 0 Å². The van der Waals surface area contributed by atoms with E-state index in [0.29, 0.717) is 17.5 Å². The van der Waals surface area contributed by atoms with Crippen molar-refractivity contribution in [1.29, 1.82) is 0 Å². The number of hydrogen-bond acceptors (Lipinski definition) is 5. The van der Waals surface area contributed by atoms with Crippen LogP contribution in [0.4, 0.5) is 0 Å². The van der Waals surface area contributed by atoms with Crippen LogP contribution >= 0.6 is 11.8 Å². The van der Waals surface area contributed by atoms with Gasteiger partial charge >= 0.3 is 0 Å². The SMILES string of the molecule is CCC(C=O)CC(=O)CN1C(=O)c2cccc(SC)c2C1=O. The Labute approximate surface area is 133 Å². The van der Waals surface area contributed by atoms with E-state index in [1.54, 1.807) is 18.2 Å². The van der Waals surface area contributed by atoms with Crippen molar-refractivity contribution >= 4 is 35.6 Å². The number of hydrogen-bond donors (Lipinski definition) is 0. The van der Waals surface area contributed by atoms with Gasteiger partial charge in [0.2, 0.25) is 0 Å². The first-order valence-corrected chi connectivity index (χ1v) is 8.26. The minimum Gasteiger partial charge on any atom is -0.303 e. The number of thioether (sulfide) groups is 1. The molecule has 2 rings (SSSR count). The molecule has 1 aromatic rings. The summed E-state index contributed by atoms with van der Waals surface area (Å²) in [4.78, 5) is 49.2. The highest BCUT2D eigenvalue weighted by atomic mass is 32.2. The minimum atomic E-state index is -0.441. The monoisotopic (exact) mass is 319 g/mol. The second-order valence-electron chi connectivity index (χ2n) is 5.13. The Kier molecular flexibility index (Phi) is 5.13. The van der Waals surface area contributed by atoms with Gasteiger partial charge in [0.05, 0.1) is 17.7 Å². The molecule has 116 valence electrons. The summed E-state index contributed by atoms with van der Waals surface area (Å²) >= 11 is 1.39. The highest BCUT2D eigenvalue weighted by Gasteiger charge is 2.38. The maximum Gasteiger partial charge on any atom is 0.263 e. The standard InChI is InChI=1S/C16H17NO4S/c1-3-10(9-18)7-11(19)8-17-15(20)12-5-4-6-13(22-2)14(12)16(17)21/h4-6,9-10H,3,7-8H2,1-2H3. The van der Waals surface area contributed by atoms with Crippen LogP contribution in [0.15, 0.2) is 23.1 Å². The molecular weight excluding hydrogens is 302 g/mol. The number of fused-ring (bicyclic) bond motifs is 1. The summed E-state index contributed by atoms with van der Waals surface area (Å²) in [6.07, 6.45) is 3.19. The van der Waals surface area contributed by atoms with E-state index < -0.39 is 11.8 Å². The number of Topliss-reactive ketones (excluding diaryl/α,β-unsaturated/α-hetero) is 1. The van der Waals surface area contributed by atoms with Gasteiger partial charge in [-0.3, -0.25) is 19.3 Å². The average molecular weight is 319 g/mol. The summed E-state index contributed by atoms with van der Waals surface area (Å²) in [5.41, 5.74) is 0.710. The van der Waals surface area contributed by atoms with E-state index in [2.05, 4.69) is 0 Å². The van der Waals surface area contributed by atoms with Gasteiger partial charge in [0.15, 0.2) is 5.78 Å². The molecule has 6 heteroatoms. The number of imide groups is 1. The van der Waals surface area contributed by atoms with Crippen LogP contribution in [0.3, 0.4) is 0 Å². The predicted molar refractivity (Wildman–Crippen MR) is 83.1 cm³/mol. The number of benzene rings is 1. The highest BCUT2D eigenvalue weighted by Crippen LogP contribution is 2.31. The first-order valence-electron chi connectivity index (χ1n) is 7.03. The molecule has 22 heavy (non-hydrogen) atoms. The maximum absolute atomic E-state index is 12.4. The number of carbonyl (C=O) groups excluding carboxylic acids is 4. The third kappa shape index (κ3) is 2.97. The summed E-state index contributed by atoms with van der Waals surface area (Å²) in [6, 6.07) is 5.10. The van der Waals surface area contributed by atoms with Gasteiger partial charge in [-0.05, 0) is 24.8 Å². The Morgan fingerprint density at radius 2 is 2.05 bits per heavy atom. The number of ketones is 1. The van der Waals surface area contributed by atoms with E-state index in [0.717, 1.165) is 16.1 Å². The number of aldehydes is 1. The molecule has 0 N–H and O–H groups in total. The molecule has 1 unspecified atom stereocenters. The summed E-state index contributed by atoms with van der Waals surface area (Å²) in [5, 5.41) is 0. The molecular formula is C16H17NO4S. The van der Waals surface area contributed by atoms with E-state index in [4.69, 9.17) is 0 Å². The van der Waals surface area contributed by atoms with Gasteiger partial charge in [0.1, 0.15) is 6.29 Å². The quantitative estimate of drug-likeness (QED) is 0.438. The van der Waals surface area contributed by atoms with Crippen molar-refractivity contribution in [2.45, 2.75) is 24.7 Å². The molecule has 1 heterocycles. The van der Waals surface area contributed by atoms with E-state index in [1.807, 2.05) is 13.2 Å². The molecule has 0 radical (unpaired) electrons. The van der Waals surface area contributed by atoms with Crippen molar-refractivity contribution in [1.82, 2.24) is 4.90 Å². The fraction of sp³-hybridized carbons (Fsp3) is 0.375. The van der Waals surface area contributed by atoms with Gasteiger partial charge in [0.25, 0.3) is 11.8 Å². The first-order chi connectivity index (χ1) is 10.5. The number of amides is 2. The molecule has 1 aliphatic heterocycles. The molecule has 0 spiro atoms. The third-order valence-electron chi connectivity index (χ3n) is 3.72. The Bertz CT molecular complexity index is 641. The first kappa shape index (κ1) is 16.4. The van der Waals surface area contributed by atoms with Gasteiger partial charge in [0, 0.05) is 17.2 Å². The Hall–Kier alpha value is -1.95. The number of nitrogens with zero attached hydrogens (tertiary/aromatic N) is 1. The van der Waals surface area contributed by atoms with Crippen molar-refractivity contribution in [3.8, 4) is 0 Å². The van der Waals surface area contributed by atoms with Gasteiger partial charge in [-0.1, -0.05) is 13.0 Å². The predicted octanol–water partition coefficient (Wildman–Crippen LogP) is 2.19. The Morgan fingerprint density at radius 1 is 1.32 bits per heavy atom. The largest absolute Gasteiger partial charge is 0.303 e. The normalized spacial score (nSPS) is 14.9. The van der Waals surface area contributed by atoms with Crippen LogP contribution in [0.1, 0.15) is 40.5 Å². The fourth-order valence-corrected chi connectivity index (χ4v) is 3.05. The fourth-order valence-electron chi connectivity index (χ4n) is 2.44. The molecule has 0 fully saturated rings. The van der Waals surface area contributed by atoms with Crippen molar-refractivity contribution in [3.63, 3.8) is 0 Å². The second-order valence-corrected chi connectivity index (χ2v) is 5.97. The highest BCUT2D eigenvalue weighted by molar-refractivity contribution is 7.98. The Balaban J connectivity index is 2.18. The molecule has 5 nitrogen and oxygen atoms in total. The van der Waals surface area contributed by atoms with Crippen LogP contribution in [-0.2, 0) is 9.59 Å². The van der Waals surface area contributed by atoms with Crippen molar-refractivity contribution in [3.05, 3.63) is 29.3 Å². The van der Waals surface area contributed by atoms with Crippen LogP contribution in [0.5, 0.6) is 0 Å². The minimum absolute atomic E-state index is 0.0583. The molecule has 1 aromatic carbocycles. The lowest BCUT2D eigenvalue weighted by molar-refractivity contribution is -0.123. The molecule has 0 aliphatic carbocycles. The number of rotatable bonds is 7. The van der Waals surface area contributed by atoms with Gasteiger partial charge in [-0.2, -0.15) is 0 Å². The van der Waals surface area contributed by atoms with Crippen LogP contribution in [0.25, 0.3) is 0 Å². The van der Waals surface area contributed by atoms with Crippen LogP contribution in [0, 0.1) is 5.92 Å². The average Bonchev–Trinajstić information content (AvgIpc) is 2.77. The van der Waals surface area contributed by atoms with E-state index in [1.165, 1.54) is 11.8 Å². The maximum atomic E-state index is 12.4. The zero-order valence-electron chi connectivity index (χ0n) is 12.5. The van der Waals surface area contributed by atoms with E-state index >= 15 is 0 Å². The van der Waals surface area contributed by atoms with Crippen molar-refractivity contribution < 1.29 is 19.2 Å². The van der Waals surface area contributed by atoms with Gasteiger partial charge < -0.3 is 4.79 Å². The second kappa shape index (κ2) is 6.87. The summed E-state index contributed by atoms with van der Waals surface area (Å²) < 4.78 is 0. The molecule has 0 saturated carbocycles. The van der Waals surface area contributed by atoms with Gasteiger partial charge in [-0.15, -0.1) is 11.8 Å². The molecule has 0 aromatic heterocycles. The zero-order chi connectivity index (χ0) is 16.3. The lowest BCUT2D eigenvalue weighted by atomic mass is 10.0. The topological polar surface area (TPSA) is 71.5 Å². The summed E-state index contributed by atoms with van der Waals surface area (Å²) in [6.45, 7) is 1.55. The lowest BCUT2D eigenvalue weighted by Crippen LogP contribution is -2.35. The van der Waals surface area contributed by atoms with Crippen LogP contribution in [0.2, 0.25) is 0 Å². The van der Waals surface area contributed by atoms with Crippen molar-refractivity contribution in [2.24, 2.45) is 5.92 Å². The number of carbonyl (C=O) groups is 4. The van der Waals surface area contributed by atoms with Crippen molar-refractivity contribution in [2.75, 3.05) is 12.8 Å². The summed E-state index contributed by atoms with van der Waals surface area (Å²) in [5.74, 6) is -1.51. The molecule has 2 amide bonds. The van der Waals surface area contributed by atoms with E-state index in [9.17, 15) is 19.2 Å². The molecule has 1 aliphatic rings. The zero-order valence-corrected chi connectivity index (χ0v) is 13.3. The molecule has 0 bridgehead atoms. The van der Waals surface area contributed by atoms with Crippen LogP contribution < -0.4 is 0 Å².